The third-order valence-electron chi connectivity index (χ3n) is 5.12. The van der Waals surface area contributed by atoms with Crippen molar-refractivity contribution >= 4 is 17.6 Å². The van der Waals surface area contributed by atoms with Crippen LogP contribution in [-0.4, -0.2) is 67.3 Å². The van der Waals surface area contributed by atoms with E-state index in [1.54, 1.807) is 19.0 Å². The molecule has 1 aromatic heterocycles. The molecule has 0 saturated heterocycles. The average molecular weight is 414 g/mol. The molecular weight excluding hydrogens is 378 g/mol. The highest BCUT2D eigenvalue weighted by molar-refractivity contribution is 5.86. The maximum atomic E-state index is 12.0. The smallest absolute Gasteiger partial charge is 0.241 e. The van der Waals surface area contributed by atoms with Crippen molar-refractivity contribution in [2.75, 3.05) is 45.7 Å². The van der Waals surface area contributed by atoms with Gasteiger partial charge in [0.2, 0.25) is 5.91 Å². The first-order valence-corrected chi connectivity index (χ1v) is 10.3. The molecule has 0 atom stereocenters. The van der Waals surface area contributed by atoms with Gasteiger partial charge in [-0.25, -0.2) is 4.99 Å². The van der Waals surface area contributed by atoms with Gasteiger partial charge < -0.3 is 20.4 Å². The monoisotopic (exact) mass is 413 g/mol. The Labute approximate surface area is 180 Å². The number of para-hydroxylation sites is 1. The molecule has 30 heavy (non-hydrogen) atoms. The topological polar surface area (TPSA) is 77.8 Å². The van der Waals surface area contributed by atoms with Crippen LogP contribution < -0.4 is 15.5 Å². The van der Waals surface area contributed by atoms with Crippen LogP contribution in [0.3, 0.4) is 0 Å². The van der Waals surface area contributed by atoms with Gasteiger partial charge in [0.15, 0.2) is 5.96 Å². The molecule has 2 aromatic rings. The van der Waals surface area contributed by atoms with E-state index >= 15 is 0 Å². The molecule has 0 aliphatic rings. The van der Waals surface area contributed by atoms with Crippen molar-refractivity contribution in [3.63, 3.8) is 0 Å². The molecule has 0 bridgehead atoms. The third-order valence-corrected chi connectivity index (χ3v) is 5.12. The summed E-state index contributed by atoms with van der Waals surface area (Å²) in [6.45, 7) is 6.42. The van der Waals surface area contributed by atoms with Gasteiger partial charge in [-0.1, -0.05) is 18.2 Å². The zero-order chi connectivity index (χ0) is 22.1. The summed E-state index contributed by atoms with van der Waals surface area (Å²) in [5.41, 5.74) is 4.39. The predicted molar refractivity (Wildman–Crippen MR) is 123 cm³/mol. The standard InChI is InChI=1S/C22H35N7O/c1-17-20(18(2)29(6)26-17)15-24-22(25-16-21(30)27(3)4)23-13-10-14-28(5)19-11-8-7-9-12-19/h7-9,11-12H,10,13-16H2,1-6H3,(H2,23,24,25). The van der Waals surface area contributed by atoms with Gasteiger partial charge in [-0.3, -0.25) is 9.48 Å². The van der Waals surface area contributed by atoms with E-state index in [2.05, 4.69) is 39.8 Å². The minimum absolute atomic E-state index is 0.00190. The number of hydrogen-bond donors (Lipinski definition) is 2. The number of nitrogens with zero attached hydrogens (tertiary/aromatic N) is 5. The molecule has 2 rings (SSSR count). The summed E-state index contributed by atoms with van der Waals surface area (Å²) < 4.78 is 1.87. The van der Waals surface area contributed by atoms with Gasteiger partial charge in [-0.15, -0.1) is 0 Å². The third kappa shape index (κ3) is 6.79. The molecule has 2 N–H and O–H groups in total. The van der Waals surface area contributed by atoms with Crippen molar-refractivity contribution in [1.29, 1.82) is 0 Å². The number of rotatable bonds is 9. The number of likely N-dealkylation sites (N-methyl/N-ethyl adjacent to an activating group) is 1. The fourth-order valence-corrected chi connectivity index (χ4v) is 3.03. The predicted octanol–water partition coefficient (Wildman–Crippen LogP) is 1.69. The van der Waals surface area contributed by atoms with Gasteiger partial charge >= 0.3 is 0 Å². The van der Waals surface area contributed by atoms with Crippen LogP contribution >= 0.6 is 0 Å². The first-order valence-electron chi connectivity index (χ1n) is 10.3. The number of nitrogens with one attached hydrogen (secondary N) is 2. The fourth-order valence-electron chi connectivity index (χ4n) is 3.03. The summed E-state index contributed by atoms with van der Waals surface area (Å²) in [6, 6.07) is 10.3. The second kappa shape index (κ2) is 11.2. The molecule has 8 nitrogen and oxygen atoms in total. The highest BCUT2D eigenvalue weighted by Gasteiger charge is 2.10. The Kier molecular flexibility index (Phi) is 8.70. The summed E-state index contributed by atoms with van der Waals surface area (Å²) >= 11 is 0. The SMILES string of the molecule is Cc1nn(C)c(C)c1CN=C(NCCCN(C)c1ccccc1)NCC(=O)N(C)C. The lowest BCUT2D eigenvalue weighted by atomic mass is 10.2. The average Bonchev–Trinajstić information content (AvgIpc) is 2.98. The lowest BCUT2D eigenvalue weighted by Gasteiger charge is -2.20. The summed E-state index contributed by atoms with van der Waals surface area (Å²) in [5, 5.41) is 10.9. The summed E-state index contributed by atoms with van der Waals surface area (Å²) in [5.74, 6) is 0.636. The number of guanidine groups is 1. The van der Waals surface area contributed by atoms with Crippen LogP contribution in [0, 0.1) is 13.8 Å². The summed E-state index contributed by atoms with van der Waals surface area (Å²) in [7, 11) is 7.52. The van der Waals surface area contributed by atoms with Crippen molar-refractivity contribution < 1.29 is 4.79 Å². The number of amides is 1. The van der Waals surface area contributed by atoms with Gasteiger partial charge in [0.25, 0.3) is 0 Å². The second-order valence-corrected chi connectivity index (χ2v) is 7.62. The number of hydrogen-bond acceptors (Lipinski definition) is 4. The summed E-state index contributed by atoms with van der Waals surface area (Å²) in [6.07, 6.45) is 0.943. The second-order valence-electron chi connectivity index (χ2n) is 7.62. The molecule has 0 fully saturated rings. The Balaban J connectivity index is 1.94. The number of aromatic nitrogens is 2. The molecule has 0 spiro atoms. The number of aryl methyl sites for hydroxylation is 2. The van der Waals surface area contributed by atoms with Crippen LogP contribution in [0.25, 0.3) is 0 Å². The normalized spacial score (nSPS) is 11.3. The minimum Gasteiger partial charge on any atom is -0.375 e. The van der Waals surface area contributed by atoms with Crippen molar-refractivity contribution in [1.82, 2.24) is 25.3 Å². The largest absolute Gasteiger partial charge is 0.375 e. The molecule has 0 unspecified atom stereocenters. The molecule has 1 aromatic carbocycles. The number of anilines is 1. The number of aliphatic imine (C=N–C) groups is 1. The van der Waals surface area contributed by atoms with Gasteiger partial charge in [0.05, 0.1) is 18.8 Å². The minimum atomic E-state index is 0.00190. The van der Waals surface area contributed by atoms with Crippen LogP contribution in [0.5, 0.6) is 0 Å². The fraction of sp³-hybridized carbons (Fsp3) is 0.500. The molecule has 0 aliphatic carbocycles. The molecule has 8 heteroatoms. The van der Waals surface area contributed by atoms with Crippen LogP contribution in [0.2, 0.25) is 0 Å². The number of carbonyl (C=O) groups is 1. The van der Waals surface area contributed by atoms with Crippen molar-refractivity contribution in [2.45, 2.75) is 26.8 Å². The molecule has 164 valence electrons. The quantitative estimate of drug-likeness (QED) is 0.372. The van der Waals surface area contributed by atoms with E-state index in [0.29, 0.717) is 12.5 Å². The van der Waals surface area contributed by atoms with Gasteiger partial charge in [-0.05, 0) is 32.4 Å². The Hall–Kier alpha value is -3.03. The lowest BCUT2D eigenvalue weighted by molar-refractivity contribution is -0.127. The summed E-state index contributed by atoms with van der Waals surface area (Å²) in [4.78, 5) is 20.5. The van der Waals surface area contributed by atoms with Crippen LogP contribution in [-0.2, 0) is 18.4 Å². The molecule has 1 amide bonds. The van der Waals surface area contributed by atoms with Crippen LogP contribution in [0.4, 0.5) is 5.69 Å². The Bertz CT molecular complexity index is 843. The van der Waals surface area contributed by atoms with Crippen molar-refractivity contribution in [3.05, 3.63) is 47.3 Å². The zero-order valence-electron chi connectivity index (χ0n) is 19.1. The first-order chi connectivity index (χ1) is 14.3. The highest BCUT2D eigenvalue weighted by Crippen LogP contribution is 2.13. The van der Waals surface area contributed by atoms with Crippen molar-refractivity contribution in [3.8, 4) is 0 Å². The van der Waals surface area contributed by atoms with Gasteiger partial charge in [-0.2, -0.15) is 5.10 Å². The molecule has 0 aliphatic heterocycles. The molecule has 0 saturated carbocycles. The lowest BCUT2D eigenvalue weighted by Crippen LogP contribution is -2.43. The van der Waals surface area contributed by atoms with E-state index in [9.17, 15) is 4.79 Å². The number of carbonyl (C=O) groups excluding carboxylic acids is 1. The van der Waals surface area contributed by atoms with E-state index in [1.165, 1.54) is 5.69 Å². The molecule has 0 radical (unpaired) electrons. The Morgan fingerprint density at radius 1 is 1.13 bits per heavy atom. The Morgan fingerprint density at radius 2 is 1.83 bits per heavy atom. The van der Waals surface area contributed by atoms with Crippen LogP contribution in [0.15, 0.2) is 35.3 Å². The molecule has 1 heterocycles. The highest BCUT2D eigenvalue weighted by atomic mass is 16.2. The van der Waals surface area contributed by atoms with Gasteiger partial charge in [0, 0.05) is 58.2 Å². The van der Waals surface area contributed by atoms with E-state index in [0.717, 1.165) is 36.5 Å². The van der Waals surface area contributed by atoms with E-state index < -0.39 is 0 Å². The van der Waals surface area contributed by atoms with E-state index in [4.69, 9.17) is 4.99 Å². The van der Waals surface area contributed by atoms with E-state index in [-0.39, 0.29) is 12.5 Å². The number of benzene rings is 1. The zero-order valence-corrected chi connectivity index (χ0v) is 19.1. The van der Waals surface area contributed by atoms with Crippen molar-refractivity contribution in [2.24, 2.45) is 12.0 Å². The van der Waals surface area contributed by atoms with Crippen LogP contribution in [0.1, 0.15) is 23.4 Å². The Morgan fingerprint density at radius 3 is 2.43 bits per heavy atom. The maximum absolute atomic E-state index is 12.0. The van der Waals surface area contributed by atoms with Gasteiger partial charge in [0.1, 0.15) is 0 Å². The molecular formula is C22H35N7O. The first kappa shape index (κ1) is 23.3. The van der Waals surface area contributed by atoms with E-state index in [1.807, 2.05) is 43.8 Å². The maximum Gasteiger partial charge on any atom is 0.241 e.